The molecular weight excluding hydrogens is 434 g/mol. The molecule has 0 saturated carbocycles. The van der Waals surface area contributed by atoms with E-state index >= 15 is 0 Å². The average Bonchev–Trinajstić information content (AvgIpc) is 3.30. The Bertz CT molecular complexity index is 1180. The van der Waals surface area contributed by atoms with E-state index in [1.807, 2.05) is 44.2 Å². The van der Waals surface area contributed by atoms with Gasteiger partial charge in [-0.3, -0.25) is 4.79 Å². The first kappa shape index (κ1) is 20.4. The molecule has 31 heavy (non-hydrogen) atoms. The van der Waals surface area contributed by atoms with Crippen LogP contribution in [-0.4, -0.2) is 32.9 Å². The highest BCUT2D eigenvalue weighted by atomic mass is 35.5. The molecule has 1 aliphatic heterocycles. The van der Waals surface area contributed by atoms with Gasteiger partial charge in [0.1, 0.15) is 22.4 Å². The number of hydrogen-bond acceptors (Lipinski definition) is 6. The number of aryl methyl sites for hydroxylation is 1. The lowest BCUT2D eigenvalue weighted by Crippen LogP contribution is -2.49. The summed E-state index contributed by atoms with van der Waals surface area (Å²) >= 11 is 7.91. The molecule has 160 valence electrons. The van der Waals surface area contributed by atoms with Crippen molar-refractivity contribution in [3.63, 3.8) is 0 Å². The number of carbonyl (C=O) groups excluding carboxylic acids is 2. The van der Waals surface area contributed by atoms with Gasteiger partial charge >= 0.3 is 6.09 Å². The Balaban J connectivity index is 1.47. The van der Waals surface area contributed by atoms with Crippen LogP contribution >= 0.6 is 22.9 Å². The zero-order chi connectivity index (χ0) is 21.8. The number of aromatic nitrogens is 2. The van der Waals surface area contributed by atoms with E-state index in [0.717, 1.165) is 26.2 Å². The number of cyclic esters (lactones) is 1. The lowest BCUT2D eigenvalue weighted by molar-refractivity contribution is -0.141. The number of fused-ring (bicyclic) bond motifs is 3. The zero-order valence-electron chi connectivity index (χ0n) is 17.3. The van der Waals surface area contributed by atoms with Crippen LogP contribution in [0.1, 0.15) is 48.8 Å². The van der Waals surface area contributed by atoms with Gasteiger partial charge in [-0.15, -0.1) is 11.3 Å². The molecule has 0 bridgehead atoms. The van der Waals surface area contributed by atoms with Crippen LogP contribution in [0.2, 0.25) is 5.15 Å². The fourth-order valence-corrected chi connectivity index (χ4v) is 6.51. The maximum absolute atomic E-state index is 13.8. The molecule has 6 nitrogen and oxygen atoms in total. The van der Waals surface area contributed by atoms with Crippen LogP contribution in [0.15, 0.2) is 36.7 Å². The standard InChI is InChI=1S/C23H22ClN3O3S/c1-3-23(10-9-15-16(11-23)31-20-17(15)19(24)25-12-26-20)21(28)27-13(2)18(30-22(27)29)14-7-5-4-6-8-14/h4-8,12-13,18H,3,9-11H2,1-2H3. The molecule has 3 aromatic rings. The van der Waals surface area contributed by atoms with Gasteiger partial charge in [0.05, 0.1) is 16.8 Å². The molecule has 1 aromatic carbocycles. The van der Waals surface area contributed by atoms with Crippen molar-refractivity contribution < 1.29 is 14.3 Å². The molecule has 5 rings (SSSR count). The molecule has 3 atom stereocenters. The molecule has 2 aliphatic rings. The number of nitrogens with zero attached hydrogens (tertiary/aromatic N) is 3. The summed E-state index contributed by atoms with van der Waals surface area (Å²) in [5.74, 6) is -0.147. The van der Waals surface area contributed by atoms with Crippen LogP contribution in [0.3, 0.4) is 0 Å². The minimum absolute atomic E-state index is 0.147. The maximum atomic E-state index is 13.8. The minimum atomic E-state index is -0.646. The van der Waals surface area contributed by atoms with Crippen LogP contribution in [0.4, 0.5) is 4.79 Å². The summed E-state index contributed by atoms with van der Waals surface area (Å²) < 4.78 is 5.64. The van der Waals surface area contributed by atoms with Crippen molar-refractivity contribution in [2.75, 3.05) is 0 Å². The highest BCUT2D eigenvalue weighted by molar-refractivity contribution is 7.19. The smallest absolute Gasteiger partial charge is 0.417 e. The Morgan fingerprint density at radius 2 is 2.10 bits per heavy atom. The fourth-order valence-electron chi connectivity index (χ4n) is 4.88. The van der Waals surface area contributed by atoms with Crippen LogP contribution in [0.5, 0.6) is 0 Å². The van der Waals surface area contributed by atoms with E-state index in [-0.39, 0.29) is 11.9 Å². The summed E-state index contributed by atoms with van der Waals surface area (Å²) in [5, 5.41) is 1.36. The van der Waals surface area contributed by atoms with Crippen LogP contribution in [0.25, 0.3) is 10.2 Å². The Kier molecular flexibility index (Phi) is 4.98. The predicted molar refractivity (Wildman–Crippen MR) is 119 cm³/mol. The van der Waals surface area contributed by atoms with Crippen molar-refractivity contribution in [2.45, 2.75) is 51.7 Å². The minimum Gasteiger partial charge on any atom is -0.439 e. The van der Waals surface area contributed by atoms with Crippen molar-refractivity contribution in [1.82, 2.24) is 14.9 Å². The molecule has 3 unspecified atom stereocenters. The van der Waals surface area contributed by atoms with E-state index in [4.69, 9.17) is 16.3 Å². The molecular formula is C23H22ClN3O3S. The van der Waals surface area contributed by atoms with E-state index in [1.165, 1.54) is 11.2 Å². The van der Waals surface area contributed by atoms with Crippen molar-refractivity contribution in [3.05, 3.63) is 57.8 Å². The molecule has 8 heteroatoms. The third-order valence-electron chi connectivity index (χ3n) is 6.72. The van der Waals surface area contributed by atoms with E-state index in [9.17, 15) is 9.59 Å². The van der Waals surface area contributed by atoms with E-state index in [0.29, 0.717) is 30.8 Å². The van der Waals surface area contributed by atoms with Gasteiger partial charge in [-0.1, -0.05) is 48.9 Å². The molecule has 1 aliphatic carbocycles. The van der Waals surface area contributed by atoms with Gasteiger partial charge in [0.2, 0.25) is 5.91 Å². The molecule has 0 N–H and O–H groups in total. The normalized spacial score (nSPS) is 25.5. The Hall–Kier alpha value is -2.51. The number of ether oxygens (including phenoxy) is 1. The quantitative estimate of drug-likeness (QED) is 0.498. The summed E-state index contributed by atoms with van der Waals surface area (Å²) in [7, 11) is 0. The summed E-state index contributed by atoms with van der Waals surface area (Å²) in [5.41, 5.74) is 1.39. The van der Waals surface area contributed by atoms with Crippen molar-refractivity contribution >= 4 is 45.2 Å². The summed E-state index contributed by atoms with van der Waals surface area (Å²) in [4.78, 5) is 38.4. The summed E-state index contributed by atoms with van der Waals surface area (Å²) in [6.45, 7) is 3.90. The summed E-state index contributed by atoms with van der Waals surface area (Å²) in [6, 6.07) is 9.22. The van der Waals surface area contributed by atoms with Crippen LogP contribution < -0.4 is 0 Å². The highest BCUT2D eigenvalue weighted by Gasteiger charge is 2.51. The first-order valence-electron chi connectivity index (χ1n) is 10.4. The Labute approximate surface area is 189 Å². The molecule has 2 aromatic heterocycles. The number of halogens is 1. The lowest BCUT2D eigenvalue weighted by Gasteiger charge is -2.37. The SMILES string of the molecule is CCC1(C(=O)N2C(=O)OC(c3ccccc3)C2C)CCc2c(sc3ncnc(Cl)c23)C1. The molecule has 0 spiro atoms. The molecule has 3 heterocycles. The monoisotopic (exact) mass is 455 g/mol. The van der Waals surface area contributed by atoms with Gasteiger partial charge in [-0.25, -0.2) is 19.7 Å². The second-order valence-electron chi connectivity index (χ2n) is 8.29. The topological polar surface area (TPSA) is 72.4 Å². The van der Waals surface area contributed by atoms with Crippen molar-refractivity contribution in [2.24, 2.45) is 5.41 Å². The van der Waals surface area contributed by atoms with Gasteiger partial charge in [0, 0.05) is 4.88 Å². The number of carbonyl (C=O) groups is 2. The first-order chi connectivity index (χ1) is 14.9. The number of amides is 2. The number of thiophene rings is 1. The zero-order valence-corrected chi connectivity index (χ0v) is 18.9. The number of benzene rings is 1. The van der Waals surface area contributed by atoms with Crippen LogP contribution in [-0.2, 0) is 22.4 Å². The van der Waals surface area contributed by atoms with Crippen molar-refractivity contribution in [3.8, 4) is 0 Å². The van der Waals surface area contributed by atoms with Crippen LogP contribution in [0, 0.1) is 5.41 Å². The molecule has 1 saturated heterocycles. The van der Waals surface area contributed by atoms with E-state index < -0.39 is 17.6 Å². The largest absolute Gasteiger partial charge is 0.439 e. The average molecular weight is 456 g/mol. The van der Waals surface area contributed by atoms with Gasteiger partial charge in [-0.05, 0) is 43.7 Å². The summed E-state index contributed by atoms with van der Waals surface area (Å²) in [6.07, 6.45) is 3.03. The Morgan fingerprint density at radius 1 is 1.32 bits per heavy atom. The van der Waals surface area contributed by atoms with E-state index in [2.05, 4.69) is 9.97 Å². The van der Waals surface area contributed by atoms with Gasteiger partial charge < -0.3 is 4.74 Å². The van der Waals surface area contributed by atoms with Crippen molar-refractivity contribution in [1.29, 1.82) is 0 Å². The third-order valence-corrected chi connectivity index (χ3v) is 8.15. The molecule has 1 fully saturated rings. The third kappa shape index (κ3) is 3.13. The van der Waals surface area contributed by atoms with Gasteiger partial charge in [0.15, 0.2) is 0 Å². The molecule has 0 radical (unpaired) electrons. The predicted octanol–water partition coefficient (Wildman–Crippen LogP) is 5.34. The first-order valence-corrected chi connectivity index (χ1v) is 11.6. The maximum Gasteiger partial charge on any atom is 0.417 e. The Morgan fingerprint density at radius 3 is 2.84 bits per heavy atom. The second kappa shape index (κ2) is 7.57. The number of rotatable bonds is 3. The number of hydrogen-bond donors (Lipinski definition) is 0. The van der Waals surface area contributed by atoms with Gasteiger partial charge in [0.25, 0.3) is 0 Å². The molecule has 2 amide bonds. The number of imide groups is 1. The van der Waals surface area contributed by atoms with E-state index in [1.54, 1.807) is 11.3 Å². The van der Waals surface area contributed by atoms with Gasteiger partial charge in [-0.2, -0.15) is 0 Å². The fraction of sp³-hybridized carbons (Fsp3) is 0.391. The second-order valence-corrected chi connectivity index (χ2v) is 9.73. The highest BCUT2D eigenvalue weighted by Crippen LogP contribution is 2.47. The lowest BCUT2D eigenvalue weighted by atomic mass is 9.71.